The van der Waals surface area contributed by atoms with E-state index >= 15 is 0 Å². The molecule has 8 nitrogen and oxygen atoms in total. The summed E-state index contributed by atoms with van der Waals surface area (Å²) in [5, 5.41) is 3.32. The van der Waals surface area contributed by atoms with Gasteiger partial charge in [0.25, 0.3) is 5.91 Å². The molecule has 1 fully saturated rings. The van der Waals surface area contributed by atoms with E-state index in [1.165, 1.54) is 19.2 Å². The van der Waals surface area contributed by atoms with Gasteiger partial charge in [-0.25, -0.2) is 9.97 Å². The van der Waals surface area contributed by atoms with Gasteiger partial charge in [-0.05, 0) is 68.5 Å². The van der Waals surface area contributed by atoms with E-state index in [0.717, 1.165) is 31.0 Å². The molecule has 0 spiro atoms. The highest BCUT2D eigenvalue weighted by Gasteiger charge is 2.34. The van der Waals surface area contributed by atoms with Crippen LogP contribution in [-0.4, -0.2) is 34.0 Å². The summed E-state index contributed by atoms with van der Waals surface area (Å²) < 4.78 is 51.0. The van der Waals surface area contributed by atoms with Crippen molar-refractivity contribution in [3.8, 4) is 17.2 Å². The minimum atomic E-state index is -4.62. The molecule has 0 saturated heterocycles. The standard InChI is InChI=1S/C27H26F3N5O3/c1-14(31)24-23(25(36)33-17-12-15(13-17)11-16-5-3-4-10-32-16)35-26(38-24)19-6-8-20(37-2)22-18(19)7-9-21(34-22)27(28,29)30/h3-10,14-15,17H,11-13,31H2,1-2H3,(H,33,36)/t14-,15?,17?/m0/s1. The quantitative estimate of drug-likeness (QED) is 0.346. The van der Waals surface area contributed by atoms with Crippen molar-refractivity contribution in [2.75, 3.05) is 7.11 Å². The Hall–Kier alpha value is -3.99. The molecule has 1 aliphatic carbocycles. The first kappa shape index (κ1) is 25.7. The molecule has 4 aromatic rings. The number of rotatable bonds is 7. The van der Waals surface area contributed by atoms with Crippen LogP contribution in [0.1, 0.15) is 53.4 Å². The number of pyridine rings is 2. The smallest absolute Gasteiger partial charge is 0.433 e. The number of ether oxygens (including phenoxy) is 1. The van der Waals surface area contributed by atoms with E-state index in [4.69, 9.17) is 14.9 Å². The first-order valence-electron chi connectivity index (χ1n) is 12.2. The summed E-state index contributed by atoms with van der Waals surface area (Å²) in [6.45, 7) is 1.66. The Morgan fingerprint density at radius 1 is 1.18 bits per heavy atom. The second kappa shape index (κ2) is 10.1. The zero-order valence-electron chi connectivity index (χ0n) is 20.7. The van der Waals surface area contributed by atoms with Crippen LogP contribution >= 0.6 is 0 Å². The number of hydrogen-bond donors (Lipinski definition) is 2. The number of carbonyl (C=O) groups excluding carboxylic acids is 1. The van der Waals surface area contributed by atoms with Gasteiger partial charge in [-0.15, -0.1) is 0 Å². The molecular weight excluding hydrogens is 499 g/mol. The van der Waals surface area contributed by atoms with Crippen molar-refractivity contribution < 1.29 is 27.1 Å². The number of benzene rings is 1. The average Bonchev–Trinajstić information content (AvgIpc) is 3.32. The van der Waals surface area contributed by atoms with Gasteiger partial charge in [-0.3, -0.25) is 9.78 Å². The predicted molar refractivity (Wildman–Crippen MR) is 133 cm³/mol. The number of oxazole rings is 1. The Morgan fingerprint density at radius 2 is 1.97 bits per heavy atom. The first-order chi connectivity index (χ1) is 18.1. The molecule has 0 aliphatic heterocycles. The third-order valence-electron chi connectivity index (χ3n) is 6.64. The monoisotopic (exact) mass is 525 g/mol. The lowest BCUT2D eigenvalue weighted by molar-refractivity contribution is -0.140. The molecule has 38 heavy (non-hydrogen) atoms. The number of methoxy groups -OCH3 is 1. The maximum atomic E-state index is 13.3. The molecule has 0 radical (unpaired) electrons. The van der Waals surface area contributed by atoms with Crippen LogP contribution in [0.25, 0.3) is 22.4 Å². The third kappa shape index (κ3) is 5.06. The van der Waals surface area contributed by atoms with Crippen LogP contribution in [-0.2, 0) is 12.6 Å². The highest BCUT2D eigenvalue weighted by atomic mass is 19.4. The van der Waals surface area contributed by atoms with Crippen LogP contribution in [0.3, 0.4) is 0 Å². The molecule has 3 aromatic heterocycles. The van der Waals surface area contributed by atoms with Crippen molar-refractivity contribution in [3.63, 3.8) is 0 Å². The first-order valence-corrected chi connectivity index (χ1v) is 12.2. The lowest BCUT2D eigenvalue weighted by Crippen LogP contribution is -2.45. The van der Waals surface area contributed by atoms with Crippen LogP contribution in [0.4, 0.5) is 13.2 Å². The van der Waals surface area contributed by atoms with E-state index in [1.807, 2.05) is 18.2 Å². The number of nitrogens with zero attached hydrogens (tertiary/aromatic N) is 3. The fourth-order valence-electron chi connectivity index (χ4n) is 4.71. The molecule has 3 N–H and O–H groups in total. The summed E-state index contributed by atoms with van der Waals surface area (Å²) in [6.07, 6.45) is -0.374. The minimum absolute atomic E-state index is 0.000195. The van der Waals surface area contributed by atoms with Gasteiger partial charge >= 0.3 is 6.18 Å². The summed E-state index contributed by atoms with van der Waals surface area (Å²) in [4.78, 5) is 25.7. The second-order valence-corrected chi connectivity index (χ2v) is 9.46. The third-order valence-corrected chi connectivity index (χ3v) is 6.64. The van der Waals surface area contributed by atoms with E-state index in [1.54, 1.807) is 19.2 Å². The Labute approximate surface area is 216 Å². The zero-order valence-corrected chi connectivity index (χ0v) is 20.7. The lowest BCUT2D eigenvalue weighted by atomic mass is 9.77. The molecule has 198 valence electrons. The fraction of sp³-hybridized carbons (Fsp3) is 0.333. The Balaban J connectivity index is 1.40. The van der Waals surface area contributed by atoms with Gasteiger partial charge in [0.05, 0.1) is 13.2 Å². The van der Waals surface area contributed by atoms with E-state index < -0.39 is 23.8 Å². The van der Waals surface area contributed by atoms with Gasteiger partial charge in [0.2, 0.25) is 5.89 Å². The number of alkyl halides is 3. The molecule has 0 unspecified atom stereocenters. The van der Waals surface area contributed by atoms with Crippen LogP contribution in [0.5, 0.6) is 5.75 Å². The van der Waals surface area contributed by atoms with Crippen molar-refractivity contribution in [3.05, 3.63) is 71.5 Å². The summed E-state index contributed by atoms with van der Waals surface area (Å²) in [5.74, 6) is 0.417. The van der Waals surface area contributed by atoms with Gasteiger partial charge in [0.15, 0.2) is 11.5 Å². The van der Waals surface area contributed by atoms with Crippen LogP contribution < -0.4 is 15.8 Å². The highest BCUT2D eigenvalue weighted by molar-refractivity contribution is 5.98. The van der Waals surface area contributed by atoms with Gasteiger partial charge in [0, 0.05) is 28.9 Å². The largest absolute Gasteiger partial charge is 0.494 e. The number of hydrogen-bond acceptors (Lipinski definition) is 7. The van der Waals surface area contributed by atoms with Crippen molar-refractivity contribution in [2.45, 2.75) is 44.4 Å². The summed E-state index contributed by atoms with van der Waals surface area (Å²) >= 11 is 0. The molecule has 1 aromatic carbocycles. The Morgan fingerprint density at radius 3 is 2.63 bits per heavy atom. The number of amides is 1. The second-order valence-electron chi connectivity index (χ2n) is 9.46. The number of aromatic nitrogens is 3. The normalized spacial score (nSPS) is 18.2. The molecule has 5 rings (SSSR count). The fourth-order valence-corrected chi connectivity index (χ4v) is 4.71. The molecular formula is C27H26F3N5O3. The van der Waals surface area contributed by atoms with E-state index in [-0.39, 0.29) is 34.7 Å². The maximum Gasteiger partial charge on any atom is 0.433 e. The Bertz CT molecular complexity index is 1460. The van der Waals surface area contributed by atoms with Crippen molar-refractivity contribution in [1.82, 2.24) is 20.3 Å². The number of fused-ring (bicyclic) bond motifs is 1. The average molecular weight is 526 g/mol. The van der Waals surface area contributed by atoms with Crippen LogP contribution in [0.2, 0.25) is 0 Å². The van der Waals surface area contributed by atoms with Crippen LogP contribution in [0.15, 0.2) is 53.1 Å². The Kier molecular flexibility index (Phi) is 6.78. The molecule has 1 atom stereocenters. The lowest BCUT2D eigenvalue weighted by Gasteiger charge is -2.35. The van der Waals surface area contributed by atoms with Gasteiger partial charge < -0.3 is 20.2 Å². The summed E-state index contributed by atoms with van der Waals surface area (Å²) in [6, 6.07) is 10.4. The van der Waals surface area contributed by atoms with Gasteiger partial charge in [0.1, 0.15) is 17.0 Å². The SMILES string of the molecule is COc1ccc(-c2nc(C(=O)NC3CC(Cc4ccccn4)C3)c([C@H](C)N)o2)c2ccc(C(F)(F)F)nc12. The van der Waals surface area contributed by atoms with Crippen molar-refractivity contribution in [2.24, 2.45) is 11.7 Å². The number of carbonyl (C=O) groups is 1. The van der Waals surface area contributed by atoms with Crippen LogP contribution in [0, 0.1) is 5.92 Å². The number of halogens is 3. The molecule has 1 amide bonds. The molecule has 3 heterocycles. The number of nitrogens with one attached hydrogen (secondary N) is 1. The summed E-state index contributed by atoms with van der Waals surface area (Å²) in [7, 11) is 1.35. The van der Waals surface area contributed by atoms with Gasteiger partial charge in [-0.2, -0.15) is 13.2 Å². The maximum absolute atomic E-state index is 13.3. The number of nitrogens with two attached hydrogens (primary N) is 1. The molecule has 0 bridgehead atoms. The highest BCUT2D eigenvalue weighted by Crippen LogP contribution is 2.37. The predicted octanol–water partition coefficient (Wildman–Crippen LogP) is 5.08. The van der Waals surface area contributed by atoms with E-state index in [2.05, 4.69) is 20.3 Å². The molecule has 1 aliphatic rings. The summed E-state index contributed by atoms with van der Waals surface area (Å²) in [5.41, 5.74) is 6.46. The van der Waals surface area contributed by atoms with Crippen molar-refractivity contribution in [1.29, 1.82) is 0 Å². The van der Waals surface area contributed by atoms with Crippen molar-refractivity contribution >= 4 is 16.8 Å². The molecule has 1 saturated carbocycles. The van der Waals surface area contributed by atoms with E-state index in [9.17, 15) is 18.0 Å². The topological polar surface area (TPSA) is 116 Å². The minimum Gasteiger partial charge on any atom is -0.494 e. The van der Waals surface area contributed by atoms with E-state index in [0.29, 0.717) is 16.9 Å². The zero-order chi connectivity index (χ0) is 27.0. The molecule has 11 heteroatoms. The van der Waals surface area contributed by atoms with Gasteiger partial charge in [-0.1, -0.05) is 6.07 Å².